The van der Waals surface area contributed by atoms with Gasteiger partial charge in [-0.1, -0.05) is 33.2 Å². The van der Waals surface area contributed by atoms with E-state index in [2.05, 4.69) is 43.3 Å². The highest BCUT2D eigenvalue weighted by atomic mass is 79.9. The van der Waals surface area contributed by atoms with Crippen molar-refractivity contribution in [3.8, 4) is 11.6 Å². The molecule has 1 aliphatic carbocycles. The monoisotopic (exact) mass is 344 g/mol. The van der Waals surface area contributed by atoms with Crippen molar-refractivity contribution in [3.05, 3.63) is 52.4 Å². The maximum Gasteiger partial charge on any atom is 0.276 e. The van der Waals surface area contributed by atoms with E-state index < -0.39 is 0 Å². The molecule has 0 unspecified atom stereocenters. The van der Waals surface area contributed by atoms with Crippen LogP contribution < -0.4 is 0 Å². The second kappa shape index (κ2) is 4.53. The molecular weight excluding hydrogens is 332 g/mol. The fourth-order valence-electron chi connectivity index (χ4n) is 2.66. The van der Waals surface area contributed by atoms with Crippen LogP contribution in [0, 0.1) is 0 Å². The molecule has 106 valence electrons. The van der Waals surface area contributed by atoms with E-state index in [1.807, 2.05) is 25.2 Å². The molecule has 5 nitrogen and oxygen atoms in total. The van der Waals surface area contributed by atoms with E-state index in [-0.39, 0.29) is 5.41 Å². The Morgan fingerprint density at radius 1 is 1.29 bits per heavy atom. The summed E-state index contributed by atoms with van der Waals surface area (Å²) in [6.45, 7) is 0. The number of aryl methyl sites for hydroxylation is 1. The van der Waals surface area contributed by atoms with Crippen molar-refractivity contribution in [1.82, 2.24) is 19.9 Å². The van der Waals surface area contributed by atoms with Gasteiger partial charge in [0.1, 0.15) is 5.69 Å². The molecule has 0 N–H and O–H groups in total. The molecule has 6 heteroatoms. The second-order valence-corrected chi connectivity index (χ2v) is 6.27. The molecule has 0 saturated heterocycles. The van der Waals surface area contributed by atoms with Crippen LogP contribution in [0.3, 0.4) is 0 Å². The minimum atomic E-state index is -0.0931. The van der Waals surface area contributed by atoms with Crippen molar-refractivity contribution in [2.75, 3.05) is 0 Å². The number of rotatable bonds is 3. The summed E-state index contributed by atoms with van der Waals surface area (Å²) >= 11 is 3.53. The fraction of sp³-hybridized carbons (Fsp3) is 0.267. The largest absolute Gasteiger partial charge is 0.332 e. The Hall–Kier alpha value is -1.95. The van der Waals surface area contributed by atoms with Crippen LogP contribution in [0.2, 0.25) is 0 Å². The number of halogens is 1. The standard InChI is InChI=1S/C15H13BrN4O/c1-20-12(5-8-17-20)13-18-14(19-21-13)15(6-7-15)10-3-2-4-11(16)9-10/h2-5,8-9H,6-7H2,1H3. The summed E-state index contributed by atoms with van der Waals surface area (Å²) in [5, 5.41) is 8.34. The van der Waals surface area contributed by atoms with Gasteiger partial charge in [-0.05, 0) is 36.6 Å². The van der Waals surface area contributed by atoms with Gasteiger partial charge in [-0.2, -0.15) is 10.1 Å². The summed E-state index contributed by atoms with van der Waals surface area (Å²) in [5.41, 5.74) is 1.97. The molecule has 4 rings (SSSR count). The zero-order valence-corrected chi connectivity index (χ0v) is 13.0. The van der Waals surface area contributed by atoms with Gasteiger partial charge in [-0.3, -0.25) is 4.68 Å². The summed E-state index contributed by atoms with van der Waals surface area (Å²) in [5.74, 6) is 1.28. The molecule has 0 atom stereocenters. The topological polar surface area (TPSA) is 56.7 Å². The van der Waals surface area contributed by atoms with E-state index in [9.17, 15) is 0 Å². The van der Waals surface area contributed by atoms with Gasteiger partial charge in [0, 0.05) is 17.7 Å². The molecule has 1 aromatic carbocycles. The minimum absolute atomic E-state index is 0.0931. The lowest BCUT2D eigenvalue weighted by molar-refractivity contribution is 0.415. The fourth-order valence-corrected chi connectivity index (χ4v) is 3.06. The van der Waals surface area contributed by atoms with E-state index in [0.29, 0.717) is 5.89 Å². The van der Waals surface area contributed by atoms with Gasteiger partial charge in [0.15, 0.2) is 5.82 Å². The Balaban J connectivity index is 1.75. The van der Waals surface area contributed by atoms with Crippen molar-refractivity contribution >= 4 is 15.9 Å². The summed E-state index contributed by atoms with van der Waals surface area (Å²) in [4.78, 5) is 4.60. The van der Waals surface area contributed by atoms with Crippen LogP contribution in [0.5, 0.6) is 0 Å². The molecule has 1 aliphatic rings. The summed E-state index contributed by atoms with van der Waals surface area (Å²) in [6.07, 6.45) is 3.82. The van der Waals surface area contributed by atoms with Crippen LogP contribution in [-0.4, -0.2) is 19.9 Å². The number of nitrogens with zero attached hydrogens (tertiary/aromatic N) is 4. The molecule has 2 aromatic heterocycles. The SMILES string of the molecule is Cn1nccc1-c1nc(C2(c3cccc(Br)c3)CC2)no1. The Bertz CT molecular complexity index is 803. The predicted octanol–water partition coefficient (Wildman–Crippen LogP) is 3.31. The normalized spacial score (nSPS) is 16.1. The summed E-state index contributed by atoms with van der Waals surface area (Å²) < 4.78 is 8.24. The van der Waals surface area contributed by atoms with Crippen LogP contribution in [0.25, 0.3) is 11.6 Å². The van der Waals surface area contributed by atoms with Gasteiger partial charge in [0.25, 0.3) is 5.89 Å². The number of benzene rings is 1. The lowest BCUT2D eigenvalue weighted by Gasteiger charge is -2.11. The molecular formula is C15H13BrN4O. The van der Waals surface area contributed by atoms with Gasteiger partial charge >= 0.3 is 0 Å². The third-order valence-corrected chi connectivity index (χ3v) is 4.51. The first-order chi connectivity index (χ1) is 10.2. The zero-order valence-electron chi connectivity index (χ0n) is 11.5. The second-order valence-electron chi connectivity index (χ2n) is 5.36. The highest BCUT2D eigenvalue weighted by molar-refractivity contribution is 9.10. The van der Waals surface area contributed by atoms with E-state index in [1.165, 1.54) is 5.56 Å². The lowest BCUT2D eigenvalue weighted by atomic mass is 9.95. The van der Waals surface area contributed by atoms with Crippen molar-refractivity contribution in [1.29, 1.82) is 0 Å². The van der Waals surface area contributed by atoms with Crippen molar-refractivity contribution < 1.29 is 4.52 Å². The maximum absolute atomic E-state index is 5.43. The third-order valence-electron chi connectivity index (χ3n) is 4.02. The molecule has 3 aromatic rings. The van der Waals surface area contributed by atoms with Gasteiger partial charge in [-0.25, -0.2) is 0 Å². The highest BCUT2D eigenvalue weighted by Gasteiger charge is 2.50. The predicted molar refractivity (Wildman–Crippen MR) is 80.7 cm³/mol. The first-order valence-electron chi connectivity index (χ1n) is 6.78. The third kappa shape index (κ3) is 2.01. The lowest BCUT2D eigenvalue weighted by Crippen LogP contribution is -2.10. The van der Waals surface area contributed by atoms with Crippen molar-refractivity contribution in [2.45, 2.75) is 18.3 Å². The van der Waals surface area contributed by atoms with Crippen LogP contribution in [-0.2, 0) is 12.5 Å². The zero-order chi connectivity index (χ0) is 14.4. The van der Waals surface area contributed by atoms with Crippen molar-refractivity contribution in [2.24, 2.45) is 7.05 Å². The molecule has 2 heterocycles. The van der Waals surface area contributed by atoms with Gasteiger partial charge in [-0.15, -0.1) is 0 Å². The van der Waals surface area contributed by atoms with Gasteiger partial charge < -0.3 is 4.52 Å². The van der Waals surface area contributed by atoms with Crippen molar-refractivity contribution in [3.63, 3.8) is 0 Å². The van der Waals surface area contributed by atoms with Gasteiger partial charge in [0.05, 0.1) is 5.41 Å². The molecule has 0 radical (unpaired) electrons. The Kier molecular flexibility index (Phi) is 2.75. The molecule has 0 aliphatic heterocycles. The summed E-state index contributed by atoms with van der Waals surface area (Å²) in [6, 6.07) is 10.2. The number of hydrogen-bond acceptors (Lipinski definition) is 4. The van der Waals surface area contributed by atoms with Crippen LogP contribution >= 0.6 is 15.9 Å². The minimum Gasteiger partial charge on any atom is -0.332 e. The van der Waals surface area contributed by atoms with E-state index >= 15 is 0 Å². The van der Waals surface area contributed by atoms with Crippen LogP contribution in [0.15, 0.2) is 45.5 Å². The Morgan fingerprint density at radius 3 is 2.81 bits per heavy atom. The Morgan fingerprint density at radius 2 is 2.14 bits per heavy atom. The maximum atomic E-state index is 5.43. The van der Waals surface area contributed by atoms with E-state index in [1.54, 1.807) is 10.9 Å². The Labute approximate surface area is 130 Å². The van der Waals surface area contributed by atoms with Crippen LogP contribution in [0.4, 0.5) is 0 Å². The molecule has 0 bridgehead atoms. The van der Waals surface area contributed by atoms with E-state index in [4.69, 9.17) is 4.52 Å². The van der Waals surface area contributed by atoms with Gasteiger partial charge in [0.2, 0.25) is 0 Å². The first-order valence-corrected chi connectivity index (χ1v) is 7.57. The average molecular weight is 345 g/mol. The van der Waals surface area contributed by atoms with Crippen LogP contribution in [0.1, 0.15) is 24.2 Å². The molecule has 1 saturated carbocycles. The molecule has 21 heavy (non-hydrogen) atoms. The number of hydrogen-bond donors (Lipinski definition) is 0. The molecule has 1 fully saturated rings. The molecule has 0 amide bonds. The molecule has 0 spiro atoms. The average Bonchev–Trinajstić information content (AvgIpc) is 2.94. The number of aromatic nitrogens is 4. The van der Waals surface area contributed by atoms with E-state index in [0.717, 1.165) is 28.8 Å². The highest BCUT2D eigenvalue weighted by Crippen LogP contribution is 2.52. The summed E-state index contributed by atoms with van der Waals surface area (Å²) in [7, 11) is 1.86. The first kappa shape index (κ1) is 12.8. The quantitative estimate of drug-likeness (QED) is 0.731. The smallest absolute Gasteiger partial charge is 0.276 e.